The van der Waals surface area contributed by atoms with Gasteiger partial charge in [-0.15, -0.1) is 0 Å². The lowest BCUT2D eigenvalue weighted by molar-refractivity contribution is 0.0695. The largest absolute Gasteiger partial charge is 0.477 e. The molecule has 26 heavy (non-hydrogen) atoms. The van der Waals surface area contributed by atoms with Crippen LogP contribution in [0.4, 0.5) is 17.6 Å². The van der Waals surface area contributed by atoms with Crippen molar-refractivity contribution in [2.24, 2.45) is 0 Å². The SMILES string of the molecule is O=C(O)c1cn(-c2ccc(F)cc2F)c2c(Cl)c(F)c(F)c(Cl)c2c1=O. The maximum atomic E-state index is 14.2. The number of carboxylic acid groups (broad SMARTS) is 1. The molecule has 3 rings (SSSR count). The third-order valence-electron chi connectivity index (χ3n) is 3.61. The maximum Gasteiger partial charge on any atom is 0.341 e. The first kappa shape index (κ1) is 18.2. The third-order valence-corrected chi connectivity index (χ3v) is 4.31. The lowest BCUT2D eigenvalue weighted by atomic mass is 10.1. The lowest BCUT2D eigenvalue weighted by Gasteiger charge is -2.16. The van der Waals surface area contributed by atoms with Gasteiger partial charge < -0.3 is 9.67 Å². The molecule has 2 aromatic carbocycles. The zero-order valence-corrected chi connectivity index (χ0v) is 13.8. The number of benzene rings is 2. The third kappa shape index (κ3) is 2.62. The van der Waals surface area contributed by atoms with Gasteiger partial charge in [0.05, 0.1) is 21.6 Å². The van der Waals surface area contributed by atoms with Crippen molar-refractivity contribution in [2.45, 2.75) is 0 Å². The van der Waals surface area contributed by atoms with Crippen molar-refractivity contribution in [1.82, 2.24) is 4.57 Å². The smallest absolute Gasteiger partial charge is 0.341 e. The van der Waals surface area contributed by atoms with Crippen molar-refractivity contribution in [2.75, 3.05) is 0 Å². The summed E-state index contributed by atoms with van der Waals surface area (Å²) in [5, 5.41) is 6.51. The van der Waals surface area contributed by atoms with Gasteiger partial charge in [-0.05, 0) is 12.1 Å². The Hall–Kier alpha value is -2.58. The number of hydrogen-bond donors (Lipinski definition) is 1. The van der Waals surface area contributed by atoms with Crippen molar-refractivity contribution < 1.29 is 27.5 Å². The zero-order valence-electron chi connectivity index (χ0n) is 12.3. The van der Waals surface area contributed by atoms with Crippen molar-refractivity contribution in [3.05, 3.63) is 73.5 Å². The Morgan fingerprint density at radius 2 is 1.65 bits per heavy atom. The van der Waals surface area contributed by atoms with Crippen LogP contribution in [0.5, 0.6) is 0 Å². The first-order valence-electron chi connectivity index (χ1n) is 6.75. The summed E-state index contributed by atoms with van der Waals surface area (Å²) in [5.41, 5.74) is -3.15. The molecule has 0 amide bonds. The van der Waals surface area contributed by atoms with Gasteiger partial charge in [0.25, 0.3) is 0 Å². The van der Waals surface area contributed by atoms with E-state index in [0.717, 1.165) is 12.1 Å². The van der Waals surface area contributed by atoms with E-state index in [9.17, 15) is 32.3 Å². The quantitative estimate of drug-likeness (QED) is 0.386. The maximum absolute atomic E-state index is 14.2. The fraction of sp³-hybridized carbons (Fsp3) is 0. The summed E-state index contributed by atoms with van der Waals surface area (Å²) < 4.78 is 55.9. The highest BCUT2D eigenvalue weighted by molar-refractivity contribution is 6.40. The van der Waals surface area contributed by atoms with E-state index in [2.05, 4.69) is 0 Å². The van der Waals surface area contributed by atoms with E-state index >= 15 is 0 Å². The van der Waals surface area contributed by atoms with E-state index in [1.807, 2.05) is 0 Å². The molecule has 4 nitrogen and oxygen atoms in total. The molecule has 0 saturated heterocycles. The fourth-order valence-corrected chi connectivity index (χ4v) is 2.99. The van der Waals surface area contributed by atoms with Gasteiger partial charge in [0, 0.05) is 12.3 Å². The van der Waals surface area contributed by atoms with Crippen LogP contribution >= 0.6 is 23.2 Å². The molecule has 0 aliphatic heterocycles. The molecule has 10 heteroatoms. The van der Waals surface area contributed by atoms with Crippen LogP contribution in [0.25, 0.3) is 16.6 Å². The monoisotopic (exact) mass is 405 g/mol. The molecule has 1 N–H and O–H groups in total. The number of carboxylic acids is 1. The Bertz CT molecular complexity index is 1160. The number of fused-ring (bicyclic) bond motifs is 1. The molecule has 1 heterocycles. The molecule has 3 aromatic rings. The number of pyridine rings is 1. The van der Waals surface area contributed by atoms with Gasteiger partial charge in [0.2, 0.25) is 5.43 Å². The molecule has 0 spiro atoms. The van der Waals surface area contributed by atoms with Gasteiger partial charge in [-0.25, -0.2) is 22.4 Å². The van der Waals surface area contributed by atoms with E-state index in [-0.39, 0.29) is 0 Å². The molecule has 0 unspecified atom stereocenters. The van der Waals surface area contributed by atoms with Gasteiger partial charge in [0.15, 0.2) is 11.6 Å². The molecule has 0 radical (unpaired) electrons. The standard InChI is InChI=1S/C16H5Cl2F4NO3/c17-10-9-14(11(18)13(22)12(10)21)23(4-6(15(9)24)16(25)26)8-2-1-5(19)3-7(8)20/h1-4H,(H,25,26). The highest BCUT2D eigenvalue weighted by atomic mass is 35.5. The average Bonchev–Trinajstić information content (AvgIpc) is 2.57. The van der Waals surface area contributed by atoms with Crippen LogP contribution in [0.2, 0.25) is 10.0 Å². The van der Waals surface area contributed by atoms with Gasteiger partial charge >= 0.3 is 5.97 Å². The van der Waals surface area contributed by atoms with Gasteiger partial charge in [-0.2, -0.15) is 0 Å². The first-order chi connectivity index (χ1) is 12.1. The predicted octanol–water partition coefficient (Wildman–Crippen LogP) is 4.55. The number of halogens is 6. The molecular weight excluding hydrogens is 401 g/mol. The van der Waals surface area contributed by atoms with Crippen molar-refractivity contribution >= 4 is 40.1 Å². The molecule has 0 fully saturated rings. The highest BCUT2D eigenvalue weighted by Gasteiger charge is 2.26. The van der Waals surface area contributed by atoms with Gasteiger partial charge in [0.1, 0.15) is 22.2 Å². The van der Waals surface area contributed by atoms with Crippen LogP contribution in [0.1, 0.15) is 10.4 Å². The summed E-state index contributed by atoms with van der Waals surface area (Å²) in [5.74, 6) is -7.08. The minimum Gasteiger partial charge on any atom is -0.477 e. The summed E-state index contributed by atoms with van der Waals surface area (Å²) in [6.07, 6.45) is 0.670. The van der Waals surface area contributed by atoms with Crippen LogP contribution in [0.3, 0.4) is 0 Å². The lowest BCUT2D eigenvalue weighted by Crippen LogP contribution is -2.20. The second-order valence-corrected chi connectivity index (χ2v) is 5.88. The Morgan fingerprint density at radius 3 is 2.23 bits per heavy atom. The Kier molecular flexibility index (Phi) is 4.41. The molecule has 1 aromatic heterocycles. The Labute approximate surface area is 151 Å². The molecule has 0 atom stereocenters. The second kappa shape index (κ2) is 6.30. The summed E-state index contributed by atoms with van der Waals surface area (Å²) in [7, 11) is 0. The minimum absolute atomic E-state index is 0.456. The summed E-state index contributed by atoms with van der Waals surface area (Å²) in [6, 6.07) is 2.24. The number of nitrogens with zero attached hydrogens (tertiary/aromatic N) is 1. The first-order valence-corrected chi connectivity index (χ1v) is 7.50. The topological polar surface area (TPSA) is 59.3 Å². The molecular formula is C16H5Cl2F4NO3. The van der Waals surface area contributed by atoms with Crippen molar-refractivity contribution in [3.63, 3.8) is 0 Å². The second-order valence-electron chi connectivity index (χ2n) is 5.12. The molecule has 0 saturated carbocycles. The number of aromatic carboxylic acids is 1. The number of aromatic nitrogens is 1. The molecule has 134 valence electrons. The van der Waals surface area contributed by atoms with E-state index in [4.69, 9.17) is 23.2 Å². The summed E-state index contributed by atoms with van der Waals surface area (Å²) >= 11 is 11.4. The van der Waals surface area contributed by atoms with Crippen molar-refractivity contribution in [3.8, 4) is 5.69 Å². The number of rotatable bonds is 2. The Morgan fingerprint density at radius 1 is 1.04 bits per heavy atom. The van der Waals surface area contributed by atoms with Crippen LogP contribution in [0, 0.1) is 23.3 Å². The van der Waals surface area contributed by atoms with Crippen LogP contribution < -0.4 is 5.43 Å². The molecule has 0 aliphatic rings. The van der Waals surface area contributed by atoms with E-state index in [1.165, 1.54) is 0 Å². The van der Waals surface area contributed by atoms with Gasteiger partial charge in [-0.3, -0.25) is 4.79 Å². The van der Waals surface area contributed by atoms with Crippen LogP contribution in [-0.2, 0) is 0 Å². The zero-order chi connectivity index (χ0) is 19.3. The molecule has 0 bridgehead atoms. The van der Waals surface area contributed by atoms with E-state index in [1.54, 1.807) is 0 Å². The van der Waals surface area contributed by atoms with Crippen LogP contribution in [-0.4, -0.2) is 15.6 Å². The van der Waals surface area contributed by atoms with E-state index in [0.29, 0.717) is 16.8 Å². The predicted molar refractivity (Wildman–Crippen MR) is 86.4 cm³/mol. The summed E-state index contributed by atoms with van der Waals surface area (Å²) in [6.45, 7) is 0. The fourth-order valence-electron chi connectivity index (χ4n) is 2.46. The van der Waals surface area contributed by atoms with Crippen molar-refractivity contribution in [1.29, 1.82) is 0 Å². The molecule has 0 aliphatic carbocycles. The van der Waals surface area contributed by atoms with E-state index < -0.39 is 66.9 Å². The number of hydrogen-bond acceptors (Lipinski definition) is 2. The highest BCUT2D eigenvalue weighted by Crippen LogP contribution is 2.35. The average molecular weight is 406 g/mol. The summed E-state index contributed by atoms with van der Waals surface area (Å²) in [4.78, 5) is 23.7. The number of carbonyl (C=O) groups is 1. The normalized spacial score (nSPS) is 11.2. The minimum atomic E-state index is -1.72. The van der Waals surface area contributed by atoms with Crippen LogP contribution in [0.15, 0.2) is 29.2 Å². The van der Waals surface area contributed by atoms with Gasteiger partial charge in [-0.1, -0.05) is 23.2 Å². The Balaban J connectivity index is 2.64.